The molecule has 3 aliphatic rings. The molecule has 5 rings (SSSR count). The van der Waals surface area contributed by atoms with Crippen LogP contribution in [0.2, 0.25) is 0 Å². The Bertz CT molecular complexity index is 858. The third-order valence-electron chi connectivity index (χ3n) is 6.65. The molecular formula is C20H25N5O2S. The Kier molecular flexibility index (Phi) is 4.28. The first-order valence-electron chi connectivity index (χ1n) is 10.0. The van der Waals surface area contributed by atoms with Crippen LogP contribution in [0.15, 0.2) is 23.7 Å². The number of nitrogens with zero attached hydrogens (tertiary/aromatic N) is 4. The zero-order valence-corrected chi connectivity index (χ0v) is 16.9. The van der Waals surface area contributed by atoms with Gasteiger partial charge in [0.05, 0.1) is 16.8 Å². The molecule has 0 aliphatic carbocycles. The molecular weight excluding hydrogens is 374 g/mol. The zero-order chi connectivity index (χ0) is 19.3. The fourth-order valence-corrected chi connectivity index (χ4v) is 5.81. The van der Waals surface area contributed by atoms with Gasteiger partial charge in [0.25, 0.3) is 5.91 Å². The summed E-state index contributed by atoms with van der Waals surface area (Å²) in [6, 6.07) is 3.87. The number of fused-ring (bicyclic) bond motifs is 1. The number of imide groups is 1. The number of rotatable bonds is 4. The fraction of sp³-hybridized carbons (Fsp3) is 0.550. The molecule has 0 aromatic carbocycles. The number of aromatic nitrogens is 2. The van der Waals surface area contributed by atoms with E-state index in [0.717, 1.165) is 51.1 Å². The molecule has 3 amide bonds. The number of amides is 3. The lowest BCUT2D eigenvalue weighted by atomic mass is 9.76. The van der Waals surface area contributed by atoms with Crippen molar-refractivity contribution in [2.24, 2.45) is 5.41 Å². The van der Waals surface area contributed by atoms with E-state index in [9.17, 15) is 9.59 Å². The quantitative estimate of drug-likeness (QED) is 0.803. The van der Waals surface area contributed by atoms with E-state index in [1.165, 1.54) is 15.3 Å². The number of likely N-dealkylation sites (N-methyl/N-ethyl adjacent to an activating group) is 1. The van der Waals surface area contributed by atoms with E-state index in [-0.39, 0.29) is 23.4 Å². The predicted octanol–water partition coefficient (Wildman–Crippen LogP) is 2.78. The van der Waals surface area contributed by atoms with Gasteiger partial charge < -0.3 is 4.90 Å². The predicted molar refractivity (Wildman–Crippen MR) is 107 cm³/mol. The Morgan fingerprint density at radius 3 is 2.82 bits per heavy atom. The average Bonchev–Trinajstić information content (AvgIpc) is 3.46. The van der Waals surface area contributed by atoms with Crippen LogP contribution in [0.4, 0.5) is 4.79 Å². The first-order chi connectivity index (χ1) is 13.6. The van der Waals surface area contributed by atoms with Crippen LogP contribution >= 0.6 is 11.3 Å². The van der Waals surface area contributed by atoms with E-state index in [0.29, 0.717) is 6.54 Å². The van der Waals surface area contributed by atoms with Gasteiger partial charge in [0, 0.05) is 25.2 Å². The number of carbonyl (C=O) groups excluding carboxylic acids is 2. The van der Waals surface area contributed by atoms with Crippen molar-refractivity contribution in [3.05, 3.63) is 29.3 Å². The zero-order valence-electron chi connectivity index (χ0n) is 16.1. The van der Waals surface area contributed by atoms with Crippen LogP contribution in [0.25, 0.3) is 10.6 Å². The van der Waals surface area contributed by atoms with Crippen molar-refractivity contribution >= 4 is 23.3 Å². The number of likely N-dealkylation sites (tertiary alicyclic amines) is 1. The van der Waals surface area contributed by atoms with Crippen molar-refractivity contribution in [2.45, 2.75) is 38.8 Å². The average molecular weight is 400 g/mol. The van der Waals surface area contributed by atoms with E-state index in [2.05, 4.69) is 32.6 Å². The van der Waals surface area contributed by atoms with Crippen molar-refractivity contribution in [3.63, 3.8) is 0 Å². The molecule has 0 saturated carbocycles. The number of aromatic amines is 1. The molecule has 8 heteroatoms. The molecule has 5 heterocycles. The van der Waals surface area contributed by atoms with Crippen LogP contribution in [0, 0.1) is 5.41 Å². The van der Waals surface area contributed by atoms with E-state index in [1.807, 2.05) is 18.0 Å². The third-order valence-corrected chi connectivity index (χ3v) is 7.54. The molecule has 0 bridgehead atoms. The first kappa shape index (κ1) is 17.9. The lowest BCUT2D eigenvalue weighted by Gasteiger charge is -2.39. The summed E-state index contributed by atoms with van der Waals surface area (Å²) < 4.78 is 0. The minimum absolute atomic E-state index is 0.00536. The van der Waals surface area contributed by atoms with Gasteiger partial charge in [-0.05, 0) is 56.1 Å². The summed E-state index contributed by atoms with van der Waals surface area (Å²) in [6.07, 6.45) is 4.84. The van der Waals surface area contributed by atoms with Crippen molar-refractivity contribution < 1.29 is 9.59 Å². The molecule has 7 nitrogen and oxygen atoms in total. The van der Waals surface area contributed by atoms with Crippen LogP contribution in [0.1, 0.15) is 31.7 Å². The molecule has 3 aliphatic heterocycles. The van der Waals surface area contributed by atoms with Crippen molar-refractivity contribution in [1.29, 1.82) is 0 Å². The van der Waals surface area contributed by atoms with Crippen LogP contribution < -0.4 is 0 Å². The van der Waals surface area contributed by atoms with Gasteiger partial charge in [-0.25, -0.2) is 4.79 Å². The summed E-state index contributed by atoms with van der Waals surface area (Å²) in [5, 5.41) is 9.48. The summed E-state index contributed by atoms with van der Waals surface area (Å²) in [4.78, 5) is 31.9. The van der Waals surface area contributed by atoms with E-state index >= 15 is 0 Å². The van der Waals surface area contributed by atoms with Gasteiger partial charge in [0.15, 0.2) is 0 Å². The number of hydrogen-bond donors (Lipinski definition) is 1. The summed E-state index contributed by atoms with van der Waals surface area (Å²) >= 11 is 1.72. The van der Waals surface area contributed by atoms with Gasteiger partial charge in [0.1, 0.15) is 6.04 Å². The molecule has 0 radical (unpaired) electrons. The Labute approximate surface area is 168 Å². The highest BCUT2D eigenvalue weighted by atomic mass is 32.1. The Hall–Kier alpha value is -2.19. The Balaban J connectivity index is 1.23. The van der Waals surface area contributed by atoms with Gasteiger partial charge in [-0.3, -0.25) is 19.7 Å². The maximum Gasteiger partial charge on any atom is 0.327 e. The number of piperidine rings is 1. The Morgan fingerprint density at radius 1 is 1.32 bits per heavy atom. The molecule has 148 valence electrons. The van der Waals surface area contributed by atoms with Crippen LogP contribution in [-0.2, 0) is 11.3 Å². The third kappa shape index (κ3) is 2.78. The second-order valence-corrected chi connectivity index (χ2v) is 9.18. The molecule has 2 aromatic heterocycles. The number of nitrogens with one attached hydrogen (secondary N) is 1. The highest BCUT2D eigenvalue weighted by molar-refractivity contribution is 7.13. The SMILES string of the molecule is CCN1C(=O)C2CC3(CCN(Cc4cn[nH]c4-c4cccs4)CC3)CN2C1=O. The lowest BCUT2D eigenvalue weighted by Crippen LogP contribution is -2.43. The number of thiophene rings is 1. The van der Waals surface area contributed by atoms with E-state index in [4.69, 9.17) is 0 Å². The van der Waals surface area contributed by atoms with Gasteiger partial charge in [-0.1, -0.05) is 6.07 Å². The molecule has 1 spiro atoms. The van der Waals surface area contributed by atoms with E-state index in [1.54, 1.807) is 11.3 Å². The summed E-state index contributed by atoms with van der Waals surface area (Å²) in [5.41, 5.74) is 2.46. The van der Waals surface area contributed by atoms with Crippen LogP contribution in [-0.4, -0.2) is 69.1 Å². The number of H-pyrrole nitrogens is 1. The molecule has 2 aromatic rings. The first-order valence-corrected chi connectivity index (χ1v) is 10.9. The Morgan fingerprint density at radius 2 is 2.14 bits per heavy atom. The highest BCUT2D eigenvalue weighted by Crippen LogP contribution is 2.46. The fourth-order valence-electron chi connectivity index (χ4n) is 5.05. The summed E-state index contributed by atoms with van der Waals surface area (Å²) in [7, 11) is 0. The van der Waals surface area contributed by atoms with Gasteiger partial charge in [0.2, 0.25) is 0 Å². The van der Waals surface area contributed by atoms with E-state index < -0.39 is 0 Å². The van der Waals surface area contributed by atoms with Gasteiger partial charge in [-0.15, -0.1) is 11.3 Å². The largest absolute Gasteiger partial charge is 0.327 e. The molecule has 1 unspecified atom stereocenters. The number of urea groups is 1. The topological polar surface area (TPSA) is 72.5 Å². The second-order valence-electron chi connectivity index (χ2n) is 8.24. The van der Waals surface area contributed by atoms with Crippen LogP contribution in [0.3, 0.4) is 0 Å². The molecule has 3 fully saturated rings. The molecule has 1 atom stereocenters. The van der Waals surface area contributed by atoms with Crippen molar-refractivity contribution in [3.8, 4) is 10.6 Å². The van der Waals surface area contributed by atoms with Gasteiger partial charge >= 0.3 is 6.03 Å². The maximum atomic E-state index is 12.5. The molecule has 28 heavy (non-hydrogen) atoms. The second kappa shape index (κ2) is 6.70. The van der Waals surface area contributed by atoms with Gasteiger partial charge in [-0.2, -0.15) is 5.10 Å². The normalized spacial score (nSPS) is 24.5. The molecule has 1 N–H and O–H groups in total. The highest BCUT2D eigenvalue weighted by Gasteiger charge is 2.55. The van der Waals surface area contributed by atoms with Crippen LogP contribution in [0.5, 0.6) is 0 Å². The van der Waals surface area contributed by atoms with Crippen molar-refractivity contribution in [2.75, 3.05) is 26.2 Å². The van der Waals surface area contributed by atoms with Crippen molar-refractivity contribution in [1.82, 2.24) is 24.9 Å². The standard InChI is InChI=1S/C20H25N5O2S/c1-2-24-18(26)15-10-20(13-25(15)19(24)27)5-7-23(8-6-20)12-14-11-21-22-17(14)16-4-3-9-28-16/h3-4,9,11,15H,2,5-8,10,12-13H2,1H3,(H,21,22). The summed E-state index contributed by atoms with van der Waals surface area (Å²) in [5.74, 6) is 0.00536. The molecule has 3 saturated heterocycles. The monoisotopic (exact) mass is 399 g/mol. The summed E-state index contributed by atoms with van der Waals surface area (Å²) in [6.45, 7) is 5.95. The smallest absolute Gasteiger partial charge is 0.312 e. The minimum Gasteiger partial charge on any atom is -0.312 e. The minimum atomic E-state index is -0.224. The number of hydrogen-bond acceptors (Lipinski definition) is 5. The lowest BCUT2D eigenvalue weighted by molar-refractivity contribution is -0.128. The maximum absolute atomic E-state index is 12.5. The number of carbonyl (C=O) groups is 2.